The minimum absolute atomic E-state index is 0.00105. The predicted octanol–water partition coefficient (Wildman–Crippen LogP) is 2.97. The number of rotatable bonds is 0. The number of hydrogen-bond acceptors (Lipinski definition) is 3. The zero-order chi connectivity index (χ0) is 16.6. The maximum absolute atomic E-state index is 11.0. The molecule has 3 N–H and O–H groups in total. The number of aliphatic hydroxyl groups is 3. The van der Waals surface area contributed by atoms with Gasteiger partial charge in [-0.2, -0.15) is 0 Å². The third kappa shape index (κ3) is 2.12. The van der Waals surface area contributed by atoms with Gasteiger partial charge in [-0.1, -0.05) is 20.8 Å². The highest BCUT2D eigenvalue weighted by Crippen LogP contribution is 2.66. The van der Waals surface area contributed by atoms with E-state index in [0.717, 1.165) is 44.9 Å². The van der Waals surface area contributed by atoms with E-state index in [-0.39, 0.29) is 29.1 Å². The molecule has 0 bridgehead atoms. The Kier molecular flexibility index (Phi) is 3.69. The first-order valence-corrected chi connectivity index (χ1v) is 9.81. The molecule has 4 aliphatic carbocycles. The molecule has 0 spiro atoms. The Morgan fingerprint density at radius 1 is 0.826 bits per heavy atom. The molecule has 0 amide bonds. The minimum atomic E-state index is -0.245. The van der Waals surface area contributed by atoms with Crippen LogP contribution < -0.4 is 0 Å². The van der Waals surface area contributed by atoms with Gasteiger partial charge in [0.1, 0.15) is 0 Å². The van der Waals surface area contributed by atoms with Crippen LogP contribution in [-0.2, 0) is 0 Å². The second kappa shape index (κ2) is 5.19. The number of fused-ring (bicyclic) bond motifs is 5. The molecule has 0 saturated heterocycles. The summed E-state index contributed by atoms with van der Waals surface area (Å²) in [5, 5.41) is 31.9. The van der Waals surface area contributed by atoms with Gasteiger partial charge in [0.2, 0.25) is 0 Å². The largest absolute Gasteiger partial charge is 0.393 e. The van der Waals surface area contributed by atoms with Gasteiger partial charge >= 0.3 is 0 Å². The molecule has 0 heterocycles. The van der Waals surface area contributed by atoms with E-state index in [1.54, 1.807) is 0 Å². The molecular formula is C20H34O3. The van der Waals surface area contributed by atoms with E-state index in [4.69, 9.17) is 0 Å². The lowest BCUT2D eigenvalue weighted by Gasteiger charge is -2.61. The highest BCUT2D eigenvalue weighted by atomic mass is 16.3. The zero-order valence-electron chi connectivity index (χ0n) is 14.9. The van der Waals surface area contributed by atoms with Crippen LogP contribution >= 0.6 is 0 Å². The van der Waals surface area contributed by atoms with Crippen LogP contribution in [0.1, 0.15) is 65.7 Å². The first kappa shape index (κ1) is 16.4. The summed E-state index contributed by atoms with van der Waals surface area (Å²) in [6, 6.07) is 0. The van der Waals surface area contributed by atoms with E-state index in [1.807, 2.05) is 0 Å². The van der Waals surface area contributed by atoms with E-state index in [0.29, 0.717) is 29.6 Å². The number of aliphatic hydroxyl groups excluding tert-OH is 3. The second-order valence-corrected chi connectivity index (χ2v) is 9.93. The quantitative estimate of drug-likeness (QED) is 0.642. The topological polar surface area (TPSA) is 60.7 Å². The van der Waals surface area contributed by atoms with Gasteiger partial charge in [0.05, 0.1) is 18.3 Å². The molecule has 132 valence electrons. The Hall–Kier alpha value is -0.120. The third-order valence-electron chi connectivity index (χ3n) is 8.93. The fraction of sp³-hybridized carbons (Fsp3) is 1.00. The zero-order valence-corrected chi connectivity index (χ0v) is 14.9. The van der Waals surface area contributed by atoms with Crippen LogP contribution in [0.2, 0.25) is 0 Å². The molecule has 0 aromatic carbocycles. The lowest BCUT2D eigenvalue weighted by Crippen LogP contribution is -2.58. The maximum atomic E-state index is 11.0. The standard InChI is InChI=1S/C20H34O3/c1-11-8-15-17-14(5-7-20(15,3)18(11)23)19(2)6-4-13(21)9-12(19)10-16(17)22/h11-18,21-23H,4-10H2,1-3H3/t11-,12-,13-,14?,15?,16?,17?,18-,19-,20-/m0/s1. The summed E-state index contributed by atoms with van der Waals surface area (Å²) in [5.74, 6) is 2.21. The van der Waals surface area contributed by atoms with Crippen LogP contribution in [0.25, 0.3) is 0 Å². The fourth-order valence-electron chi connectivity index (χ4n) is 7.54. The van der Waals surface area contributed by atoms with Gasteiger partial charge in [0.15, 0.2) is 0 Å². The summed E-state index contributed by atoms with van der Waals surface area (Å²) in [6.07, 6.45) is 6.44. The average molecular weight is 322 g/mol. The maximum Gasteiger partial charge on any atom is 0.0622 e. The molecule has 0 aromatic heterocycles. The highest BCUT2D eigenvalue weighted by molar-refractivity contribution is 5.12. The first-order chi connectivity index (χ1) is 10.8. The SMILES string of the molecule is C[C@H]1CC2C3C(O)C[C@@H]4C[C@@H](O)CC[C@]4(C)C3CC[C@]2(C)[C@H]1O. The van der Waals surface area contributed by atoms with Crippen molar-refractivity contribution in [2.24, 2.45) is 40.4 Å². The monoisotopic (exact) mass is 322 g/mol. The normalized spacial score (nSPS) is 62.3. The van der Waals surface area contributed by atoms with Crippen molar-refractivity contribution < 1.29 is 15.3 Å². The Morgan fingerprint density at radius 2 is 1.52 bits per heavy atom. The molecule has 0 aromatic rings. The van der Waals surface area contributed by atoms with Crippen LogP contribution in [0.15, 0.2) is 0 Å². The lowest BCUT2D eigenvalue weighted by atomic mass is 9.44. The van der Waals surface area contributed by atoms with Crippen molar-refractivity contribution >= 4 is 0 Å². The summed E-state index contributed by atoms with van der Waals surface area (Å²) < 4.78 is 0. The van der Waals surface area contributed by atoms with E-state index in [1.165, 1.54) is 0 Å². The molecular weight excluding hydrogens is 288 g/mol. The Bertz CT molecular complexity index is 480. The van der Waals surface area contributed by atoms with Gasteiger partial charge in [-0.05, 0) is 85.4 Å². The van der Waals surface area contributed by atoms with E-state index < -0.39 is 0 Å². The van der Waals surface area contributed by atoms with Crippen LogP contribution in [0, 0.1) is 40.4 Å². The van der Waals surface area contributed by atoms with E-state index in [9.17, 15) is 15.3 Å². The van der Waals surface area contributed by atoms with Crippen molar-refractivity contribution in [2.45, 2.75) is 84.0 Å². The van der Waals surface area contributed by atoms with Crippen molar-refractivity contribution in [3.63, 3.8) is 0 Å². The molecule has 10 atom stereocenters. The molecule has 0 aliphatic heterocycles. The molecule has 4 aliphatic rings. The van der Waals surface area contributed by atoms with Crippen LogP contribution in [0.4, 0.5) is 0 Å². The van der Waals surface area contributed by atoms with Crippen molar-refractivity contribution in [1.29, 1.82) is 0 Å². The van der Waals surface area contributed by atoms with Crippen molar-refractivity contribution in [2.75, 3.05) is 0 Å². The van der Waals surface area contributed by atoms with Gasteiger partial charge in [-0.15, -0.1) is 0 Å². The van der Waals surface area contributed by atoms with Crippen molar-refractivity contribution in [3.05, 3.63) is 0 Å². The summed E-state index contributed by atoms with van der Waals surface area (Å²) in [5.41, 5.74) is 0.278. The fourth-order valence-corrected chi connectivity index (χ4v) is 7.54. The molecule has 0 radical (unpaired) electrons. The summed E-state index contributed by atoms with van der Waals surface area (Å²) in [7, 11) is 0. The van der Waals surface area contributed by atoms with Gasteiger partial charge in [0.25, 0.3) is 0 Å². The molecule has 4 rings (SSSR count). The van der Waals surface area contributed by atoms with E-state index >= 15 is 0 Å². The summed E-state index contributed by atoms with van der Waals surface area (Å²) in [4.78, 5) is 0. The second-order valence-electron chi connectivity index (χ2n) is 9.93. The number of hydrogen-bond donors (Lipinski definition) is 3. The van der Waals surface area contributed by atoms with Gasteiger partial charge in [0, 0.05) is 0 Å². The molecule has 4 fully saturated rings. The molecule has 3 heteroatoms. The highest BCUT2D eigenvalue weighted by Gasteiger charge is 2.63. The predicted molar refractivity (Wildman–Crippen MR) is 89.7 cm³/mol. The summed E-state index contributed by atoms with van der Waals surface area (Å²) >= 11 is 0. The van der Waals surface area contributed by atoms with Gasteiger partial charge in [-0.25, -0.2) is 0 Å². The third-order valence-corrected chi connectivity index (χ3v) is 8.93. The molecule has 4 unspecified atom stereocenters. The Balaban J connectivity index is 1.68. The van der Waals surface area contributed by atoms with Crippen LogP contribution in [0.5, 0.6) is 0 Å². The van der Waals surface area contributed by atoms with Gasteiger partial charge in [-0.3, -0.25) is 0 Å². The van der Waals surface area contributed by atoms with Crippen molar-refractivity contribution in [1.82, 2.24) is 0 Å². The van der Waals surface area contributed by atoms with Crippen LogP contribution in [-0.4, -0.2) is 33.6 Å². The molecule has 3 nitrogen and oxygen atoms in total. The average Bonchev–Trinajstić information content (AvgIpc) is 2.73. The minimum Gasteiger partial charge on any atom is -0.393 e. The van der Waals surface area contributed by atoms with E-state index in [2.05, 4.69) is 20.8 Å². The van der Waals surface area contributed by atoms with Gasteiger partial charge < -0.3 is 15.3 Å². The Labute approximate surface area is 140 Å². The first-order valence-electron chi connectivity index (χ1n) is 9.81. The Morgan fingerprint density at radius 3 is 2.26 bits per heavy atom. The molecule has 4 saturated carbocycles. The summed E-state index contributed by atoms with van der Waals surface area (Å²) in [6.45, 7) is 6.89. The smallest absolute Gasteiger partial charge is 0.0622 e. The van der Waals surface area contributed by atoms with Crippen molar-refractivity contribution in [3.8, 4) is 0 Å². The van der Waals surface area contributed by atoms with Crippen LogP contribution in [0.3, 0.4) is 0 Å². The molecule has 23 heavy (non-hydrogen) atoms. The lowest BCUT2D eigenvalue weighted by molar-refractivity contribution is -0.177.